The fraction of sp³-hybridized carbons (Fsp3) is 0.240. The van der Waals surface area contributed by atoms with Crippen LogP contribution in [0.3, 0.4) is 0 Å². The van der Waals surface area contributed by atoms with Crippen molar-refractivity contribution in [2.24, 2.45) is 0 Å². The van der Waals surface area contributed by atoms with Crippen molar-refractivity contribution < 1.29 is 9.53 Å². The number of benzene rings is 2. The van der Waals surface area contributed by atoms with E-state index in [1.807, 2.05) is 52.6 Å². The predicted octanol–water partition coefficient (Wildman–Crippen LogP) is 6.37. The van der Waals surface area contributed by atoms with Gasteiger partial charge in [0.15, 0.2) is 0 Å². The van der Waals surface area contributed by atoms with Gasteiger partial charge in [0.1, 0.15) is 6.61 Å². The summed E-state index contributed by atoms with van der Waals surface area (Å²) >= 11 is 1.84. The molecule has 3 heterocycles. The van der Waals surface area contributed by atoms with E-state index in [0.29, 0.717) is 6.61 Å². The Bertz CT molecular complexity index is 1030. The molecule has 1 aromatic heterocycles. The quantitative estimate of drug-likeness (QED) is 0.508. The first-order chi connectivity index (χ1) is 14.3. The van der Waals surface area contributed by atoms with Crippen LogP contribution in [0.2, 0.25) is 0 Å². The maximum absolute atomic E-state index is 12.7. The van der Waals surface area contributed by atoms with Crippen LogP contribution in [0.5, 0.6) is 0 Å². The third-order valence-corrected chi connectivity index (χ3v) is 7.00. The number of carbonyl (C=O) groups is 1. The summed E-state index contributed by atoms with van der Waals surface area (Å²) in [7, 11) is 0. The van der Waals surface area contributed by atoms with E-state index in [2.05, 4.69) is 42.5 Å². The first-order valence-electron chi connectivity index (χ1n) is 10.1. The highest BCUT2D eigenvalue weighted by Gasteiger charge is 2.40. The first-order valence-corrected chi connectivity index (χ1v) is 10.9. The van der Waals surface area contributed by atoms with E-state index in [9.17, 15) is 4.79 Å². The van der Waals surface area contributed by atoms with Crippen LogP contribution < -0.4 is 0 Å². The molecule has 1 saturated heterocycles. The molecule has 146 valence electrons. The van der Waals surface area contributed by atoms with Crippen molar-refractivity contribution in [1.82, 2.24) is 4.90 Å². The number of hydrogen-bond acceptors (Lipinski definition) is 3. The normalized spacial score (nSPS) is 20.4. The Balaban J connectivity index is 1.30. The Hall–Kier alpha value is -2.85. The number of amides is 1. The van der Waals surface area contributed by atoms with Gasteiger partial charge in [-0.3, -0.25) is 4.90 Å². The van der Waals surface area contributed by atoms with Gasteiger partial charge in [0.2, 0.25) is 0 Å². The highest BCUT2D eigenvalue weighted by Crippen LogP contribution is 2.42. The van der Waals surface area contributed by atoms with Crippen LogP contribution in [0.1, 0.15) is 29.7 Å². The molecule has 2 aliphatic heterocycles. The summed E-state index contributed by atoms with van der Waals surface area (Å²) in [6.45, 7) is 0.331. The van der Waals surface area contributed by atoms with Crippen LogP contribution in [0.15, 0.2) is 78.9 Å². The molecule has 2 bridgehead atoms. The maximum Gasteiger partial charge on any atom is 0.410 e. The second kappa shape index (κ2) is 7.88. The number of fused-ring (bicyclic) bond motifs is 2. The third kappa shape index (κ3) is 3.73. The lowest BCUT2D eigenvalue weighted by Gasteiger charge is -2.33. The van der Waals surface area contributed by atoms with E-state index in [-0.39, 0.29) is 18.2 Å². The SMILES string of the molecule is O=C(OCc1ccccc1)N1C2C=C(c3ccc(-c4ccccc4)s3)CC1CC2. The molecule has 0 aliphatic carbocycles. The molecule has 5 rings (SSSR count). The van der Waals surface area contributed by atoms with Crippen molar-refractivity contribution >= 4 is 23.0 Å². The predicted molar refractivity (Wildman–Crippen MR) is 118 cm³/mol. The van der Waals surface area contributed by atoms with E-state index in [4.69, 9.17) is 4.74 Å². The third-order valence-electron chi connectivity index (χ3n) is 5.79. The van der Waals surface area contributed by atoms with Crippen molar-refractivity contribution in [3.8, 4) is 10.4 Å². The van der Waals surface area contributed by atoms with Crippen LogP contribution in [-0.4, -0.2) is 23.1 Å². The standard InChI is InChI=1S/C25H23NO2S/c27-25(28-17-18-7-3-1-4-8-18)26-21-11-12-22(26)16-20(15-21)24-14-13-23(29-24)19-9-5-2-6-10-19/h1-10,13-15,21-22H,11-12,16-17H2. The molecule has 3 nitrogen and oxygen atoms in total. The van der Waals surface area contributed by atoms with Crippen LogP contribution in [0, 0.1) is 0 Å². The molecular formula is C25H23NO2S. The zero-order chi connectivity index (χ0) is 19.6. The van der Waals surface area contributed by atoms with Crippen molar-refractivity contribution in [3.63, 3.8) is 0 Å². The van der Waals surface area contributed by atoms with E-state index < -0.39 is 0 Å². The monoisotopic (exact) mass is 401 g/mol. The van der Waals surface area contributed by atoms with Gasteiger partial charge >= 0.3 is 6.09 Å². The number of rotatable bonds is 4. The number of carbonyl (C=O) groups excluding carboxylic acids is 1. The molecule has 2 atom stereocenters. The zero-order valence-electron chi connectivity index (χ0n) is 16.2. The van der Waals surface area contributed by atoms with Gasteiger partial charge in [0.05, 0.1) is 6.04 Å². The minimum atomic E-state index is -0.187. The van der Waals surface area contributed by atoms with Crippen molar-refractivity contribution in [3.05, 3.63) is 89.3 Å². The van der Waals surface area contributed by atoms with E-state index in [0.717, 1.165) is 24.8 Å². The smallest absolute Gasteiger partial charge is 0.410 e. The summed E-state index contributed by atoms with van der Waals surface area (Å²) in [5, 5.41) is 0. The van der Waals surface area contributed by atoms with Gasteiger partial charge in [0.25, 0.3) is 0 Å². The fourth-order valence-electron chi connectivity index (χ4n) is 4.36. The molecule has 2 aliphatic rings. The molecule has 0 radical (unpaired) electrons. The lowest BCUT2D eigenvalue weighted by Crippen LogP contribution is -2.43. The van der Waals surface area contributed by atoms with Crippen molar-refractivity contribution in [2.45, 2.75) is 38.0 Å². The molecule has 29 heavy (non-hydrogen) atoms. The molecule has 0 N–H and O–H groups in total. The van der Waals surface area contributed by atoms with Gasteiger partial charge in [-0.2, -0.15) is 0 Å². The van der Waals surface area contributed by atoms with Crippen LogP contribution in [-0.2, 0) is 11.3 Å². The largest absolute Gasteiger partial charge is 0.445 e. The van der Waals surface area contributed by atoms with Gasteiger partial charge in [-0.15, -0.1) is 11.3 Å². The molecule has 0 spiro atoms. The molecule has 0 saturated carbocycles. The second-order valence-corrected chi connectivity index (χ2v) is 8.76. The lowest BCUT2D eigenvalue weighted by atomic mass is 10.0. The molecule has 1 amide bonds. The van der Waals surface area contributed by atoms with Gasteiger partial charge in [-0.05, 0) is 48.1 Å². The summed E-state index contributed by atoms with van der Waals surface area (Å²) < 4.78 is 5.61. The van der Waals surface area contributed by atoms with Gasteiger partial charge in [-0.1, -0.05) is 66.7 Å². The Kier molecular flexibility index (Phi) is 4.94. The van der Waals surface area contributed by atoms with Crippen LogP contribution in [0.4, 0.5) is 4.79 Å². The average Bonchev–Trinajstić information content (AvgIpc) is 3.36. The summed E-state index contributed by atoms with van der Waals surface area (Å²) in [4.78, 5) is 17.3. The summed E-state index contributed by atoms with van der Waals surface area (Å²) in [5.41, 5.74) is 3.65. The summed E-state index contributed by atoms with van der Waals surface area (Å²) in [6.07, 6.45) is 5.07. The number of nitrogens with zero attached hydrogens (tertiary/aromatic N) is 1. The Labute approximate surface area is 175 Å². The van der Waals surface area contributed by atoms with E-state index >= 15 is 0 Å². The van der Waals surface area contributed by atoms with E-state index in [1.165, 1.54) is 20.9 Å². The maximum atomic E-state index is 12.7. The zero-order valence-corrected chi connectivity index (χ0v) is 17.0. The highest BCUT2D eigenvalue weighted by atomic mass is 32.1. The number of hydrogen-bond donors (Lipinski definition) is 0. The topological polar surface area (TPSA) is 29.5 Å². The Morgan fingerprint density at radius 3 is 2.41 bits per heavy atom. The summed E-state index contributed by atoms with van der Waals surface area (Å²) in [5.74, 6) is 0. The molecule has 3 aromatic rings. The van der Waals surface area contributed by atoms with Crippen molar-refractivity contribution in [1.29, 1.82) is 0 Å². The second-order valence-electron chi connectivity index (χ2n) is 7.67. The van der Waals surface area contributed by atoms with Crippen LogP contribution in [0.25, 0.3) is 16.0 Å². The molecular weight excluding hydrogens is 378 g/mol. The molecule has 2 aromatic carbocycles. The number of thiophene rings is 1. The molecule has 2 unspecified atom stereocenters. The highest BCUT2D eigenvalue weighted by molar-refractivity contribution is 7.16. The van der Waals surface area contributed by atoms with Gasteiger partial charge in [0, 0.05) is 15.8 Å². The number of ether oxygens (including phenoxy) is 1. The van der Waals surface area contributed by atoms with Crippen molar-refractivity contribution in [2.75, 3.05) is 0 Å². The minimum absolute atomic E-state index is 0.147. The fourth-order valence-corrected chi connectivity index (χ4v) is 5.40. The van der Waals surface area contributed by atoms with E-state index in [1.54, 1.807) is 0 Å². The lowest BCUT2D eigenvalue weighted by molar-refractivity contribution is 0.0832. The molecule has 4 heteroatoms. The molecule has 1 fully saturated rings. The van der Waals surface area contributed by atoms with Crippen LogP contribution >= 0.6 is 11.3 Å². The summed E-state index contributed by atoms with van der Waals surface area (Å²) in [6, 6.07) is 25.2. The van der Waals surface area contributed by atoms with Gasteiger partial charge in [-0.25, -0.2) is 4.79 Å². The average molecular weight is 402 g/mol. The Morgan fingerprint density at radius 1 is 0.931 bits per heavy atom. The van der Waals surface area contributed by atoms with Gasteiger partial charge < -0.3 is 4.74 Å². The minimum Gasteiger partial charge on any atom is -0.445 e. The Morgan fingerprint density at radius 2 is 1.66 bits per heavy atom. The first kappa shape index (κ1) is 18.2.